The molecule has 1 aliphatic heterocycles. The smallest absolute Gasteiger partial charge is 0.270 e. The zero-order chi connectivity index (χ0) is 16.9. The SMILES string of the molecule is COc1cc(C(=O)N[C@@H]2CCCO[C@H]2c2ccc(Cl)cc2)ncn1. The normalized spacial score (nSPS) is 20.4. The van der Waals surface area contributed by atoms with Crippen molar-refractivity contribution in [3.05, 3.63) is 52.9 Å². The molecule has 2 atom stereocenters. The van der Waals surface area contributed by atoms with Gasteiger partial charge in [0.1, 0.15) is 18.1 Å². The van der Waals surface area contributed by atoms with Gasteiger partial charge in [0, 0.05) is 17.7 Å². The molecule has 1 N–H and O–H groups in total. The third-order valence-electron chi connectivity index (χ3n) is 3.92. The molecule has 0 saturated carbocycles. The van der Waals surface area contributed by atoms with Gasteiger partial charge >= 0.3 is 0 Å². The molecule has 0 bridgehead atoms. The number of carbonyl (C=O) groups excluding carboxylic acids is 1. The number of nitrogens with zero attached hydrogens (tertiary/aromatic N) is 2. The van der Waals surface area contributed by atoms with Crippen molar-refractivity contribution in [2.75, 3.05) is 13.7 Å². The second-order valence-corrected chi connectivity index (χ2v) is 5.95. The van der Waals surface area contributed by atoms with Gasteiger partial charge in [0.05, 0.1) is 13.2 Å². The van der Waals surface area contributed by atoms with E-state index in [1.807, 2.05) is 24.3 Å². The summed E-state index contributed by atoms with van der Waals surface area (Å²) in [6.45, 7) is 0.668. The molecule has 6 nitrogen and oxygen atoms in total. The number of ether oxygens (including phenoxy) is 2. The van der Waals surface area contributed by atoms with Gasteiger partial charge in [0.15, 0.2) is 0 Å². The second-order valence-electron chi connectivity index (χ2n) is 5.51. The molecular formula is C17H18ClN3O3. The van der Waals surface area contributed by atoms with Gasteiger partial charge in [-0.2, -0.15) is 0 Å². The first-order chi connectivity index (χ1) is 11.7. The lowest BCUT2D eigenvalue weighted by Crippen LogP contribution is -2.43. The summed E-state index contributed by atoms with van der Waals surface area (Å²) in [7, 11) is 1.50. The molecule has 1 saturated heterocycles. The van der Waals surface area contributed by atoms with Crippen molar-refractivity contribution in [1.82, 2.24) is 15.3 Å². The summed E-state index contributed by atoms with van der Waals surface area (Å²) in [5.41, 5.74) is 1.26. The van der Waals surface area contributed by atoms with Crippen LogP contribution in [0.4, 0.5) is 0 Å². The fraction of sp³-hybridized carbons (Fsp3) is 0.353. The lowest BCUT2D eigenvalue weighted by Gasteiger charge is -2.32. The van der Waals surface area contributed by atoms with E-state index >= 15 is 0 Å². The Morgan fingerprint density at radius 2 is 2.12 bits per heavy atom. The predicted molar refractivity (Wildman–Crippen MR) is 89.2 cm³/mol. The number of methoxy groups -OCH3 is 1. The third-order valence-corrected chi connectivity index (χ3v) is 4.17. The van der Waals surface area contributed by atoms with Gasteiger partial charge in [-0.25, -0.2) is 9.97 Å². The molecule has 0 aliphatic carbocycles. The molecule has 1 aromatic carbocycles. The molecule has 3 rings (SSSR count). The van der Waals surface area contributed by atoms with E-state index in [4.69, 9.17) is 21.1 Å². The van der Waals surface area contributed by atoms with Crippen molar-refractivity contribution >= 4 is 17.5 Å². The number of rotatable bonds is 4. The van der Waals surface area contributed by atoms with Gasteiger partial charge in [-0.05, 0) is 30.5 Å². The van der Waals surface area contributed by atoms with E-state index in [9.17, 15) is 4.79 Å². The minimum absolute atomic E-state index is 0.131. The number of nitrogens with one attached hydrogen (secondary N) is 1. The second kappa shape index (κ2) is 7.59. The highest BCUT2D eigenvalue weighted by molar-refractivity contribution is 6.30. The maximum atomic E-state index is 12.5. The summed E-state index contributed by atoms with van der Waals surface area (Å²) in [5.74, 6) is 0.0782. The van der Waals surface area contributed by atoms with Crippen LogP contribution in [0, 0.1) is 0 Å². The molecule has 1 amide bonds. The quantitative estimate of drug-likeness (QED) is 0.920. The summed E-state index contributed by atoms with van der Waals surface area (Å²) >= 11 is 5.94. The van der Waals surface area contributed by atoms with E-state index in [0.717, 1.165) is 18.4 Å². The molecule has 126 valence electrons. The van der Waals surface area contributed by atoms with Crippen LogP contribution in [0.3, 0.4) is 0 Å². The van der Waals surface area contributed by atoms with Gasteiger partial charge in [0.25, 0.3) is 5.91 Å². The minimum atomic E-state index is -0.273. The van der Waals surface area contributed by atoms with Crippen molar-refractivity contribution in [3.63, 3.8) is 0 Å². The summed E-state index contributed by atoms with van der Waals surface area (Å²) < 4.78 is 10.9. The van der Waals surface area contributed by atoms with Crippen LogP contribution in [0.2, 0.25) is 5.02 Å². The minimum Gasteiger partial charge on any atom is -0.481 e. The zero-order valence-electron chi connectivity index (χ0n) is 13.2. The molecule has 1 fully saturated rings. The Hall–Kier alpha value is -2.18. The Bertz CT molecular complexity index is 708. The monoisotopic (exact) mass is 347 g/mol. The number of benzene rings is 1. The molecular weight excluding hydrogens is 330 g/mol. The molecule has 2 aromatic rings. The maximum Gasteiger partial charge on any atom is 0.270 e. The average molecular weight is 348 g/mol. The Labute approximate surface area is 145 Å². The van der Waals surface area contributed by atoms with Crippen LogP contribution in [0.25, 0.3) is 0 Å². The number of carbonyl (C=O) groups is 1. The van der Waals surface area contributed by atoms with Crippen molar-refractivity contribution in [2.45, 2.75) is 25.0 Å². The van der Waals surface area contributed by atoms with Gasteiger partial charge in [0.2, 0.25) is 5.88 Å². The van der Waals surface area contributed by atoms with Crippen LogP contribution in [0.1, 0.15) is 35.0 Å². The van der Waals surface area contributed by atoms with E-state index in [0.29, 0.717) is 17.5 Å². The highest BCUT2D eigenvalue weighted by atomic mass is 35.5. The van der Waals surface area contributed by atoms with E-state index in [1.54, 1.807) is 0 Å². The number of aromatic nitrogens is 2. The first kappa shape index (κ1) is 16.7. The Kier molecular flexibility index (Phi) is 5.27. The van der Waals surface area contributed by atoms with E-state index in [2.05, 4.69) is 15.3 Å². The largest absolute Gasteiger partial charge is 0.481 e. The van der Waals surface area contributed by atoms with Gasteiger partial charge < -0.3 is 14.8 Å². The van der Waals surface area contributed by atoms with Crippen LogP contribution in [-0.4, -0.2) is 35.6 Å². The highest BCUT2D eigenvalue weighted by Gasteiger charge is 2.29. The third kappa shape index (κ3) is 3.83. The first-order valence-electron chi connectivity index (χ1n) is 7.71. The predicted octanol–water partition coefficient (Wildman–Crippen LogP) is 2.79. The standard InChI is InChI=1S/C17H18ClN3O3/c1-23-15-9-14(19-10-20-15)17(22)21-13-3-2-8-24-16(13)11-4-6-12(18)7-5-11/h4-7,9-10,13,16H,2-3,8H2,1H3,(H,21,22)/t13-,16+/m1/s1. The van der Waals surface area contributed by atoms with Gasteiger partial charge in [-0.1, -0.05) is 23.7 Å². The first-order valence-corrected chi connectivity index (χ1v) is 8.09. The zero-order valence-corrected chi connectivity index (χ0v) is 14.0. The number of halogens is 1. The van der Waals surface area contributed by atoms with E-state index in [1.165, 1.54) is 19.5 Å². The van der Waals surface area contributed by atoms with Crippen LogP contribution in [-0.2, 0) is 4.74 Å². The Balaban J connectivity index is 1.75. The summed E-state index contributed by atoms with van der Waals surface area (Å²) in [6, 6.07) is 8.87. The lowest BCUT2D eigenvalue weighted by molar-refractivity contribution is -0.00951. The molecule has 1 aliphatic rings. The highest BCUT2D eigenvalue weighted by Crippen LogP contribution is 2.29. The van der Waals surface area contributed by atoms with Gasteiger partial charge in [-0.15, -0.1) is 0 Å². The summed E-state index contributed by atoms with van der Waals surface area (Å²) in [5, 5.41) is 3.68. The van der Waals surface area contributed by atoms with E-state index in [-0.39, 0.29) is 23.7 Å². The summed E-state index contributed by atoms with van der Waals surface area (Å²) in [6.07, 6.45) is 2.83. The van der Waals surface area contributed by atoms with E-state index < -0.39 is 0 Å². The van der Waals surface area contributed by atoms with Crippen molar-refractivity contribution < 1.29 is 14.3 Å². The molecule has 0 spiro atoms. The molecule has 7 heteroatoms. The molecule has 0 radical (unpaired) electrons. The average Bonchev–Trinajstić information content (AvgIpc) is 2.63. The molecule has 1 aromatic heterocycles. The Morgan fingerprint density at radius 1 is 1.33 bits per heavy atom. The topological polar surface area (TPSA) is 73.3 Å². The number of hydrogen-bond acceptors (Lipinski definition) is 5. The molecule has 0 unspecified atom stereocenters. The van der Waals surface area contributed by atoms with Crippen LogP contribution in [0.15, 0.2) is 36.7 Å². The van der Waals surface area contributed by atoms with Crippen molar-refractivity contribution in [2.24, 2.45) is 0 Å². The van der Waals surface area contributed by atoms with Crippen LogP contribution < -0.4 is 10.1 Å². The molecule has 2 heterocycles. The fourth-order valence-corrected chi connectivity index (χ4v) is 2.85. The van der Waals surface area contributed by atoms with Crippen LogP contribution in [0.5, 0.6) is 5.88 Å². The summed E-state index contributed by atoms with van der Waals surface area (Å²) in [4.78, 5) is 20.4. The van der Waals surface area contributed by atoms with Crippen molar-refractivity contribution in [1.29, 1.82) is 0 Å². The molecule has 24 heavy (non-hydrogen) atoms. The number of amides is 1. The number of hydrogen-bond donors (Lipinski definition) is 1. The maximum absolute atomic E-state index is 12.5. The lowest BCUT2D eigenvalue weighted by atomic mass is 9.96. The Morgan fingerprint density at radius 3 is 2.88 bits per heavy atom. The van der Waals surface area contributed by atoms with Crippen LogP contribution >= 0.6 is 11.6 Å². The van der Waals surface area contributed by atoms with Gasteiger partial charge in [-0.3, -0.25) is 4.79 Å². The van der Waals surface area contributed by atoms with Crippen molar-refractivity contribution in [3.8, 4) is 5.88 Å². The fourth-order valence-electron chi connectivity index (χ4n) is 2.73.